The molecular formula is C16H21N3O. The first kappa shape index (κ1) is 13.3. The van der Waals surface area contributed by atoms with E-state index in [1.165, 1.54) is 5.56 Å². The predicted octanol–water partition coefficient (Wildman–Crippen LogP) is 1.83. The summed E-state index contributed by atoms with van der Waals surface area (Å²) in [6.07, 6.45) is 8.26. The van der Waals surface area contributed by atoms with Crippen molar-refractivity contribution in [2.75, 3.05) is 13.1 Å². The average molecular weight is 271 g/mol. The summed E-state index contributed by atoms with van der Waals surface area (Å²) in [7, 11) is 0. The highest BCUT2D eigenvalue weighted by Crippen LogP contribution is 2.32. The van der Waals surface area contributed by atoms with Gasteiger partial charge in [0.2, 0.25) is 5.91 Å². The lowest BCUT2D eigenvalue weighted by molar-refractivity contribution is -0.136. The van der Waals surface area contributed by atoms with Gasteiger partial charge >= 0.3 is 0 Å². The number of likely N-dealkylation sites (tertiary alicyclic amines) is 2. The number of pyridine rings is 1. The first-order valence-corrected chi connectivity index (χ1v) is 7.33. The summed E-state index contributed by atoms with van der Waals surface area (Å²) < 4.78 is 0. The highest BCUT2D eigenvalue weighted by Gasteiger charge is 2.42. The summed E-state index contributed by atoms with van der Waals surface area (Å²) in [4.78, 5) is 20.6. The normalized spacial score (nSPS) is 26.6. The molecule has 0 radical (unpaired) electrons. The SMILES string of the molecule is C=CCN1C(=O)CC[C@@H]2[C@H]1CCN2Cc1ccncc1. The number of rotatable bonds is 4. The molecule has 1 aromatic heterocycles. The topological polar surface area (TPSA) is 36.4 Å². The molecule has 3 heterocycles. The van der Waals surface area contributed by atoms with Gasteiger partial charge in [0.1, 0.15) is 0 Å². The maximum Gasteiger partial charge on any atom is 0.223 e. The second-order valence-corrected chi connectivity index (χ2v) is 5.62. The van der Waals surface area contributed by atoms with E-state index in [-0.39, 0.29) is 5.91 Å². The third-order valence-corrected chi connectivity index (χ3v) is 4.46. The first-order valence-electron chi connectivity index (χ1n) is 7.33. The van der Waals surface area contributed by atoms with Crippen LogP contribution in [0.3, 0.4) is 0 Å². The Bertz CT molecular complexity index is 488. The van der Waals surface area contributed by atoms with E-state index in [1.807, 2.05) is 23.4 Å². The van der Waals surface area contributed by atoms with Crippen LogP contribution in [0, 0.1) is 0 Å². The lowest BCUT2D eigenvalue weighted by atomic mass is 9.96. The molecule has 2 aliphatic rings. The molecule has 3 rings (SSSR count). The van der Waals surface area contributed by atoms with Crippen LogP contribution >= 0.6 is 0 Å². The van der Waals surface area contributed by atoms with Crippen molar-refractivity contribution >= 4 is 5.91 Å². The maximum atomic E-state index is 12.0. The van der Waals surface area contributed by atoms with E-state index in [4.69, 9.17) is 0 Å². The molecule has 0 aliphatic carbocycles. The van der Waals surface area contributed by atoms with Crippen LogP contribution < -0.4 is 0 Å². The van der Waals surface area contributed by atoms with Gasteiger partial charge in [-0.2, -0.15) is 0 Å². The molecule has 2 aliphatic heterocycles. The van der Waals surface area contributed by atoms with Crippen LogP contribution in [0.4, 0.5) is 0 Å². The van der Waals surface area contributed by atoms with Gasteiger partial charge in [0.15, 0.2) is 0 Å². The van der Waals surface area contributed by atoms with Crippen LogP contribution in [0.25, 0.3) is 0 Å². The zero-order valence-corrected chi connectivity index (χ0v) is 11.7. The standard InChI is InChI=1S/C16H21N3O/c1-2-10-19-15-7-11-18(14(15)3-4-16(19)20)12-13-5-8-17-9-6-13/h2,5-6,8-9,14-15H,1,3-4,7,10-12H2/t14-,15-/m1/s1. The fraction of sp³-hybridized carbons (Fsp3) is 0.500. The van der Waals surface area contributed by atoms with Gasteiger partial charge in [-0.15, -0.1) is 6.58 Å². The molecule has 0 unspecified atom stereocenters. The molecule has 2 saturated heterocycles. The van der Waals surface area contributed by atoms with Crippen LogP contribution in [0.5, 0.6) is 0 Å². The maximum absolute atomic E-state index is 12.0. The van der Waals surface area contributed by atoms with Gasteiger partial charge in [-0.25, -0.2) is 0 Å². The molecule has 0 bridgehead atoms. The van der Waals surface area contributed by atoms with Crippen LogP contribution in [-0.2, 0) is 11.3 Å². The van der Waals surface area contributed by atoms with Crippen molar-refractivity contribution in [3.8, 4) is 0 Å². The second kappa shape index (κ2) is 5.75. The van der Waals surface area contributed by atoms with Crippen LogP contribution in [0.1, 0.15) is 24.8 Å². The Labute approximate surface area is 120 Å². The molecule has 0 spiro atoms. The second-order valence-electron chi connectivity index (χ2n) is 5.62. The smallest absolute Gasteiger partial charge is 0.223 e. The molecule has 20 heavy (non-hydrogen) atoms. The Hall–Kier alpha value is -1.68. The Kier molecular flexibility index (Phi) is 3.83. The molecule has 4 heteroatoms. The van der Waals surface area contributed by atoms with E-state index in [9.17, 15) is 4.79 Å². The number of carbonyl (C=O) groups is 1. The molecule has 0 aromatic carbocycles. The number of piperidine rings is 1. The zero-order valence-electron chi connectivity index (χ0n) is 11.7. The molecule has 2 atom stereocenters. The van der Waals surface area contributed by atoms with Crippen molar-refractivity contribution in [3.05, 3.63) is 42.7 Å². The van der Waals surface area contributed by atoms with Gasteiger partial charge in [-0.1, -0.05) is 6.08 Å². The largest absolute Gasteiger partial charge is 0.334 e. The molecule has 1 aromatic rings. The van der Waals surface area contributed by atoms with Crippen molar-refractivity contribution in [2.24, 2.45) is 0 Å². The number of amides is 1. The van der Waals surface area contributed by atoms with Gasteiger partial charge in [-0.05, 0) is 30.5 Å². The molecule has 2 fully saturated rings. The number of hydrogen-bond donors (Lipinski definition) is 0. The Morgan fingerprint density at radius 3 is 2.85 bits per heavy atom. The fourth-order valence-electron chi connectivity index (χ4n) is 3.53. The van der Waals surface area contributed by atoms with Gasteiger partial charge in [-0.3, -0.25) is 14.7 Å². The van der Waals surface area contributed by atoms with Gasteiger partial charge in [0, 0.05) is 50.5 Å². The first-order chi connectivity index (χ1) is 9.79. The van der Waals surface area contributed by atoms with Crippen molar-refractivity contribution < 1.29 is 4.79 Å². The third-order valence-electron chi connectivity index (χ3n) is 4.46. The molecule has 1 amide bonds. The summed E-state index contributed by atoms with van der Waals surface area (Å²) in [5, 5.41) is 0. The van der Waals surface area contributed by atoms with Crippen molar-refractivity contribution in [1.82, 2.24) is 14.8 Å². The quantitative estimate of drug-likeness (QED) is 0.784. The zero-order chi connectivity index (χ0) is 13.9. The van der Waals surface area contributed by atoms with E-state index in [1.54, 1.807) is 0 Å². The van der Waals surface area contributed by atoms with Crippen LogP contribution in [0.2, 0.25) is 0 Å². The third kappa shape index (κ3) is 2.48. The minimum atomic E-state index is 0.289. The minimum absolute atomic E-state index is 0.289. The summed E-state index contributed by atoms with van der Waals surface area (Å²) in [6, 6.07) is 5.02. The Morgan fingerprint density at radius 2 is 2.10 bits per heavy atom. The number of carbonyl (C=O) groups excluding carboxylic acids is 1. The molecule has 0 N–H and O–H groups in total. The number of nitrogens with zero attached hydrogens (tertiary/aromatic N) is 3. The molecule has 0 saturated carbocycles. The highest BCUT2D eigenvalue weighted by atomic mass is 16.2. The number of aromatic nitrogens is 1. The van der Waals surface area contributed by atoms with E-state index in [0.29, 0.717) is 25.0 Å². The predicted molar refractivity (Wildman–Crippen MR) is 78.0 cm³/mol. The monoisotopic (exact) mass is 271 g/mol. The van der Waals surface area contributed by atoms with E-state index < -0.39 is 0 Å². The fourth-order valence-corrected chi connectivity index (χ4v) is 3.53. The van der Waals surface area contributed by atoms with Crippen molar-refractivity contribution in [1.29, 1.82) is 0 Å². The molecule has 4 nitrogen and oxygen atoms in total. The summed E-state index contributed by atoms with van der Waals surface area (Å²) >= 11 is 0. The van der Waals surface area contributed by atoms with E-state index >= 15 is 0 Å². The van der Waals surface area contributed by atoms with E-state index in [0.717, 1.165) is 25.9 Å². The van der Waals surface area contributed by atoms with Gasteiger partial charge < -0.3 is 4.90 Å². The Balaban J connectivity index is 1.71. The number of hydrogen-bond acceptors (Lipinski definition) is 3. The van der Waals surface area contributed by atoms with E-state index in [2.05, 4.69) is 28.6 Å². The minimum Gasteiger partial charge on any atom is -0.334 e. The summed E-state index contributed by atoms with van der Waals surface area (Å²) in [5.74, 6) is 0.289. The van der Waals surface area contributed by atoms with Gasteiger partial charge in [0.05, 0.1) is 0 Å². The average Bonchev–Trinajstić information content (AvgIpc) is 2.86. The lowest BCUT2D eigenvalue weighted by Gasteiger charge is -2.39. The lowest BCUT2D eigenvalue weighted by Crippen LogP contribution is -2.52. The van der Waals surface area contributed by atoms with Crippen LogP contribution in [-0.4, -0.2) is 45.9 Å². The summed E-state index contributed by atoms with van der Waals surface area (Å²) in [5.41, 5.74) is 1.30. The molecular weight excluding hydrogens is 250 g/mol. The molecule has 106 valence electrons. The number of fused-ring (bicyclic) bond motifs is 1. The summed E-state index contributed by atoms with van der Waals surface area (Å²) in [6.45, 7) is 6.49. The van der Waals surface area contributed by atoms with Gasteiger partial charge in [0.25, 0.3) is 0 Å². The van der Waals surface area contributed by atoms with Crippen molar-refractivity contribution in [3.63, 3.8) is 0 Å². The van der Waals surface area contributed by atoms with Crippen molar-refractivity contribution in [2.45, 2.75) is 37.9 Å². The highest BCUT2D eigenvalue weighted by molar-refractivity contribution is 5.78. The van der Waals surface area contributed by atoms with Crippen LogP contribution in [0.15, 0.2) is 37.2 Å². The Morgan fingerprint density at radius 1 is 1.30 bits per heavy atom.